The minimum absolute atomic E-state index is 0.152. The van der Waals surface area contributed by atoms with Crippen molar-refractivity contribution < 1.29 is 37.0 Å². The number of anilines is 1. The van der Waals surface area contributed by atoms with Crippen molar-refractivity contribution in [2.24, 2.45) is 0 Å². The first-order chi connectivity index (χ1) is 15.7. The van der Waals surface area contributed by atoms with Crippen molar-refractivity contribution in [3.05, 3.63) is 54.1 Å². The highest BCUT2D eigenvalue weighted by molar-refractivity contribution is 6.22. The van der Waals surface area contributed by atoms with E-state index in [0.29, 0.717) is 17.9 Å². The van der Waals surface area contributed by atoms with Gasteiger partial charge in [-0.15, -0.1) is 0 Å². The molecule has 0 spiro atoms. The number of urea groups is 1. The second-order valence-electron chi connectivity index (χ2n) is 8.01. The van der Waals surface area contributed by atoms with E-state index in [1.54, 1.807) is 24.3 Å². The fourth-order valence-electron chi connectivity index (χ4n) is 4.73. The number of likely N-dealkylation sites (tertiary alicyclic amines) is 1. The number of amides is 4. The number of alkyl halides is 3. The van der Waals surface area contributed by atoms with Gasteiger partial charge in [0.2, 0.25) is 0 Å². The van der Waals surface area contributed by atoms with E-state index >= 15 is 0 Å². The van der Waals surface area contributed by atoms with E-state index in [1.807, 2.05) is 0 Å². The summed E-state index contributed by atoms with van der Waals surface area (Å²) in [6, 6.07) is 7.79. The number of carbonyl (C=O) groups is 3. The van der Waals surface area contributed by atoms with Gasteiger partial charge in [-0.25, -0.2) is 14.5 Å². The van der Waals surface area contributed by atoms with E-state index in [4.69, 9.17) is 9.47 Å². The van der Waals surface area contributed by atoms with Gasteiger partial charge in [0.25, 0.3) is 5.91 Å². The first kappa shape index (κ1) is 21.1. The summed E-state index contributed by atoms with van der Waals surface area (Å²) in [6.45, 7) is 0.172. The minimum Gasteiger partial charge on any atom is -0.497 e. The van der Waals surface area contributed by atoms with E-state index in [-0.39, 0.29) is 12.2 Å². The molecule has 0 aromatic heterocycles. The molecule has 0 saturated carbocycles. The van der Waals surface area contributed by atoms with E-state index in [9.17, 15) is 27.6 Å². The van der Waals surface area contributed by atoms with Crippen LogP contribution in [0.25, 0.3) is 0 Å². The number of methoxy groups -OCH3 is 1. The number of fused-ring (bicyclic) bond motifs is 5. The van der Waals surface area contributed by atoms with Crippen LogP contribution in [0, 0.1) is 0 Å². The molecule has 2 aromatic rings. The molecule has 2 unspecified atom stereocenters. The van der Waals surface area contributed by atoms with Crippen molar-refractivity contribution in [2.75, 3.05) is 18.6 Å². The highest BCUT2D eigenvalue weighted by Gasteiger charge is 2.63. The number of hydrogen-bond acceptors (Lipinski definition) is 5. The Morgan fingerprint density at radius 3 is 2.42 bits per heavy atom. The number of carbonyl (C=O) groups excluding carboxylic acids is 3. The lowest BCUT2D eigenvalue weighted by atomic mass is 10.1. The van der Waals surface area contributed by atoms with Gasteiger partial charge in [0.05, 0.1) is 30.4 Å². The summed E-state index contributed by atoms with van der Waals surface area (Å²) in [5.74, 6) is 0.226. The Morgan fingerprint density at radius 1 is 1.06 bits per heavy atom. The fourth-order valence-corrected chi connectivity index (χ4v) is 4.73. The maximum absolute atomic E-state index is 13.1. The highest BCUT2D eigenvalue weighted by Crippen LogP contribution is 2.43. The normalized spacial score (nSPS) is 23.9. The van der Waals surface area contributed by atoms with Crippen molar-refractivity contribution >= 4 is 23.7 Å². The average Bonchev–Trinajstić information content (AvgIpc) is 3.45. The molecule has 3 atom stereocenters. The van der Waals surface area contributed by atoms with Crippen LogP contribution in [0.2, 0.25) is 0 Å². The third kappa shape index (κ3) is 3.35. The fraction of sp³-hybridized carbons (Fsp3) is 0.318. The van der Waals surface area contributed by atoms with Crippen molar-refractivity contribution in [3.8, 4) is 11.5 Å². The van der Waals surface area contributed by atoms with Crippen LogP contribution >= 0.6 is 0 Å². The van der Waals surface area contributed by atoms with E-state index in [2.05, 4.69) is 0 Å². The summed E-state index contributed by atoms with van der Waals surface area (Å²) in [5, 5.41) is 0. The van der Waals surface area contributed by atoms with Crippen LogP contribution in [0.1, 0.15) is 12.0 Å². The van der Waals surface area contributed by atoms with Crippen molar-refractivity contribution in [1.82, 2.24) is 9.80 Å². The summed E-state index contributed by atoms with van der Waals surface area (Å²) in [6.07, 6.45) is -4.87. The molecule has 0 radical (unpaired) electrons. The van der Waals surface area contributed by atoms with Gasteiger partial charge in [-0.05, 0) is 48.9 Å². The molecule has 33 heavy (non-hydrogen) atoms. The third-order valence-corrected chi connectivity index (χ3v) is 6.20. The van der Waals surface area contributed by atoms with Gasteiger partial charge in [-0.1, -0.05) is 6.07 Å². The molecule has 3 saturated heterocycles. The van der Waals surface area contributed by atoms with Crippen LogP contribution < -0.4 is 14.4 Å². The molecule has 3 heterocycles. The summed E-state index contributed by atoms with van der Waals surface area (Å²) in [5.41, 5.74) is -1.11. The molecule has 2 aromatic carbocycles. The Bertz CT molecular complexity index is 1140. The molecule has 2 bridgehead atoms. The van der Waals surface area contributed by atoms with Crippen LogP contribution in [-0.4, -0.2) is 59.6 Å². The number of benzene rings is 2. The Balaban J connectivity index is 1.36. The van der Waals surface area contributed by atoms with Gasteiger partial charge < -0.3 is 19.3 Å². The first-order valence-corrected chi connectivity index (χ1v) is 10.1. The number of nitrogens with zero attached hydrogens (tertiary/aromatic N) is 3. The van der Waals surface area contributed by atoms with Crippen molar-refractivity contribution in [2.45, 2.75) is 30.7 Å². The Morgan fingerprint density at radius 2 is 1.76 bits per heavy atom. The zero-order chi connectivity index (χ0) is 23.5. The molecule has 5 rings (SSSR count). The van der Waals surface area contributed by atoms with Crippen LogP contribution in [0.3, 0.4) is 0 Å². The van der Waals surface area contributed by atoms with E-state index in [0.717, 1.165) is 23.1 Å². The van der Waals surface area contributed by atoms with Crippen LogP contribution in [0.5, 0.6) is 11.5 Å². The lowest BCUT2D eigenvalue weighted by Crippen LogP contribution is -2.55. The van der Waals surface area contributed by atoms with Gasteiger partial charge in [0.1, 0.15) is 17.5 Å². The number of halogens is 3. The average molecular weight is 461 g/mol. The Kier molecular flexibility index (Phi) is 4.73. The lowest BCUT2D eigenvalue weighted by Gasteiger charge is -2.34. The molecule has 11 heteroatoms. The zero-order valence-corrected chi connectivity index (χ0v) is 17.3. The minimum atomic E-state index is -4.61. The molecule has 8 nitrogen and oxygen atoms in total. The van der Waals surface area contributed by atoms with E-state index < -0.39 is 47.9 Å². The summed E-state index contributed by atoms with van der Waals surface area (Å²) < 4.78 is 49.8. The standard InChI is InChI=1S/C22H18F3N3O5/c1-32-15-5-7-16(8-6-15)33-21(31)26-11-14-10-17(26)18-19(29)28(20(30)27(14)18)13-4-2-3-12(9-13)22(23,24)25/h2-9,14,17-18H,10-11H2,1H3/t14?,17?,18-/m1/s1. The van der Waals surface area contributed by atoms with Gasteiger partial charge in [0.15, 0.2) is 0 Å². The van der Waals surface area contributed by atoms with E-state index in [1.165, 1.54) is 23.0 Å². The Labute approximate surface area is 186 Å². The maximum atomic E-state index is 13.1. The summed E-state index contributed by atoms with van der Waals surface area (Å²) in [4.78, 5) is 42.4. The number of hydrogen-bond donors (Lipinski definition) is 0. The highest BCUT2D eigenvalue weighted by atomic mass is 19.4. The van der Waals surface area contributed by atoms with Gasteiger partial charge >= 0.3 is 18.3 Å². The molecule has 3 aliphatic heterocycles. The molecular weight excluding hydrogens is 443 g/mol. The summed E-state index contributed by atoms with van der Waals surface area (Å²) in [7, 11) is 1.51. The second-order valence-corrected chi connectivity index (χ2v) is 8.01. The van der Waals surface area contributed by atoms with Gasteiger partial charge in [0, 0.05) is 6.54 Å². The Hall–Kier alpha value is -3.76. The van der Waals surface area contributed by atoms with Crippen molar-refractivity contribution in [3.63, 3.8) is 0 Å². The van der Waals surface area contributed by atoms with Crippen LogP contribution in [-0.2, 0) is 11.0 Å². The third-order valence-electron chi connectivity index (χ3n) is 6.20. The number of piperazine rings is 1. The molecule has 0 aliphatic carbocycles. The number of rotatable bonds is 3. The quantitative estimate of drug-likeness (QED) is 0.654. The molecular formula is C22H18F3N3O5. The molecule has 172 valence electrons. The monoisotopic (exact) mass is 461 g/mol. The lowest BCUT2D eigenvalue weighted by molar-refractivity contribution is -0.137. The predicted octanol–water partition coefficient (Wildman–Crippen LogP) is 3.51. The number of ether oxygens (including phenoxy) is 2. The molecule has 4 amide bonds. The molecule has 3 fully saturated rings. The SMILES string of the molecule is COc1ccc(OC(=O)N2CC3CC2[C@@H]2C(=O)N(c4cccc(C(F)(F)F)c4)C(=O)N32)cc1. The smallest absolute Gasteiger partial charge is 0.416 e. The maximum Gasteiger partial charge on any atom is 0.416 e. The van der Waals surface area contributed by atoms with Crippen LogP contribution in [0.15, 0.2) is 48.5 Å². The first-order valence-electron chi connectivity index (χ1n) is 10.1. The molecule has 0 N–H and O–H groups in total. The van der Waals surface area contributed by atoms with Gasteiger partial charge in [-0.3, -0.25) is 4.79 Å². The second kappa shape index (κ2) is 7.39. The van der Waals surface area contributed by atoms with Crippen molar-refractivity contribution in [1.29, 1.82) is 0 Å². The zero-order valence-electron chi connectivity index (χ0n) is 17.3. The van der Waals surface area contributed by atoms with Crippen LogP contribution in [0.4, 0.5) is 28.4 Å². The van der Waals surface area contributed by atoms with Gasteiger partial charge in [-0.2, -0.15) is 13.2 Å². The summed E-state index contributed by atoms with van der Waals surface area (Å²) >= 11 is 0. The number of imide groups is 1. The molecule has 3 aliphatic rings. The topological polar surface area (TPSA) is 79.4 Å². The predicted molar refractivity (Wildman–Crippen MR) is 108 cm³/mol. The largest absolute Gasteiger partial charge is 0.497 e.